The van der Waals surface area contributed by atoms with Crippen molar-refractivity contribution >= 4 is 11.9 Å². The van der Waals surface area contributed by atoms with Crippen molar-refractivity contribution in [2.45, 2.75) is 296 Å². The fourth-order valence-corrected chi connectivity index (χ4v) is 8.36. The second-order valence-electron chi connectivity index (χ2n) is 19.0. The van der Waals surface area contributed by atoms with Gasteiger partial charge >= 0.3 is 5.97 Å². The van der Waals surface area contributed by atoms with E-state index in [0.29, 0.717) is 19.3 Å². The standard InChI is InChI=1S/C59H107NO5/c1-4-7-10-13-16-19-22-25-28-29-31-34-37-40-43-46-49-52-59(64)65-55(50-47-44-41-38-35-32-27-24-21-18-15-12-9-6-3)53-58(63)60-56(54-61)57(62)51-48-45-42-39-36-33-30-26-23-20-17-14-11-8-5-2/h9,12,18,21,25,27-28,32,38,41,55-57,61-62H,4-8,10-11,13-17,19-20,22-24,26,29-31,33-37,39-40,42-54H2,1-3H3,(H,60,63)/b12-9+,21-18+,28-25+,32-27+,41-38+. The molecule has 6 heteroatoms. The largest absolute Gasteiger partial charge is 0.462 e. The fraction of sp³-hybridized carbons (Fsp3) is 0.797. The van der Waals surface area contributed by atoms with Crippen LogP contribution in [0.15, 0.2) is 60.8 Å². The number of carbonyl (C=O) groups excluding carboxylic acids is 2. The zero-order valence-electron chi connectivity index (χ0n) is 43.1. The Morgan fingerprint density at radius 3 is 1.31 bits per heavy atom. The van der Waals surface area contributed by atoms with E-state index in [1.165, 1.54) is 154 Å². The van der Waals surface area contributed by atoms with Crippen molar-refractivity contribution in [2.24, 2.45) is 0 Å². The number of nitrogens with one attached hydrogen (secondary N) is 1. The van der Waals surface area contributed by atoms with Crippen molar-refractivity contribution in [3.63, 3.8) is 0 Å². The molecule has 1 amide bonds. The van der Waals surface area contributed by atoms with E-state index in [0.717, 1.165) is 77.0 Å². The maximum Gasteiger partial charge on any atom is 0.306 e. The van der Waals surface area contributed by atoms with Gasteiger partial charge in [0.25, 0.3) is 0 Å². The summed E-state index contributed by atoms with van der Waals surface area (Å²) >= 11 is 0. The first-order valence-electron chi connectivity index (χ1n) is 28.0. The molecular formula is C59H107NO5. The molecule has 0 saturated carbocycles. The van der Waals surface area contributed by atoms with Crippen LogP contribution in [0.3, 0.4) is 0 Å². The number of esters is 1. The predicted molar refractivity (Wildman–Crippen MR) is 282 cm³/mol. The molecule has 6 nitrogen and oxygen atoms in total. The summed E-state index contributed by atoms with van der Waals surface area (Å²) in [5.74, 6) is -0.527. The van der Waals surface area contributed by atoms with E-state index in [-0.39, 0.29) is 24.9 Å². The van der Waals surface area contributed by atoms with Gasteiger partial charge in [0.1, 0.15) is 6.10 Å². The lowest BCUT2D eigenvalue weighted by Gasteiger charge is -2.24. The third-order valence-corrected chi connectivity index (χ3v) is 12.6. The molecule has 0 aromatic rings. The Labute approximate surface area is 403 Å². The summed E-state index contributed by atoms with van der Waals surface area (Å²) in [7, 11) is 0. The van der Waals surface area contributed by atoms with Gasteiger partial charge in [0.15, 0.2) is 0 Å². The Bertz CT molecular complexity index is 1160. The lowest BCUT2D eigenvalue weighted by molar-refractivity contribution is -0.151. The average Bonchev–Trinajstić information content (AvgIpc) is 3.30. The van der Waals surface area contributed by atoms with E-state index in [1.807, 2.05) is 0 Å². The van der Waals surface area contributed by atoms with E-state index >= 15 is 0 Å². The molecule has 3 atom stereocenters. The number of ether oxygens (including phenoxy) is 1. The third-order valence-electron chi connectivity index (χ3n) is 12.6. The van der Waals surface area contributed by atoms with Gasteiger partial charge in [0, 0.05) is 6.42 Å². The second-order valence-corrected chi connectivity index (χ2v) is 19.0. The molecule has 0 heterocycles. The molecule has 0 bridgehead atoms. The van der Waals surface area contributed by atoms with Crippen molar-refractivity contribution in [1.29, 1.82) is 0 Å². The molecule has 0 aliphatic rings. The van der Waals surface area contributed by atoms with Crippen molar-refractivity contribution in [1.82, 2.24) is 5.32 Å². The monoisotopic (exact) mass is 910 g/mol. The highest BCUT2D eigenvalue weighted by molar-refractivity contribution is 5.77. The molecule has 3 N–H and O–H groups in total. The summed E-state index contributed by atoms with van der Waals surface area (Å²) in [4.78, 5) is 26.2. The van der Waals surface area contributed by atoms with E-state index in [9.17, 15) is 19.8 Å². The van der Waals surface area contributed by atoms with E-state index in [1.54, 1.807) is 0 Å². The normalized spacial score (nSPS) is 13.6. The van der Waals surface area contributed by atoms with Crippen LogP contribution in [0.2, 0.25) is 0 Å². The van der Waals surface area contributed by atoms with Crippen LogP contribution in [0.5, 0.6) is 0 Å². The highest BCUT2D eigenvalue weighted by Gasteiger charge is 2.24. The van der Waals surface area contributed by atoms with Crippen LogP contribution in [-0.4, -0.2) is 46.9 Å². The molecule has 0 aliphatic heterocycles. The summed E-state index contributed by atoms with van der Waals surface area (Å²) in [6.45, 7) is 6.37. The molecule has 65 heavy (non-hydrogen) atoms. The molecule has 3 unspecified atom stereocenters. The first-order valence-corrected chi connectivity index (χ1v) is 28.0. The fourth-order valence-electron chi connectivity index (χ4n) is 8.36. The second kappa shape index (κ2) is 52.5. The number of allylic oxidation sites excluding steroid dienone is 10. The van der Waals surface area contributed by atoms with Crippen LogP contribution in [0.4, 0.5) is 0 Å². The van der Waals surface area contributed by atoms with Crippen LogP contribution < -0.4 is 5.32 Å². The average molecular weight is 911 g/mol. The van der Waals surface area contributed by atoms with Crippen molar-refractivity contribution in [2.75, 3.05) is 6.61 Å². The van der Waals surface area contributed by atoms with E-state index in [4.69, 9.17) is 4.74 Å². The predicted octanol–water partition coefficient (Wildman–Crippen LogP) is 17.2. The molecule has 378 valence electrons. The number of carbonyl (C=O) groups is 2. The Kier molecular flexibility index (Phi) is 50.6. The number of hydrogen-bond acceptors (Lipinski definition) is 5. The van der Waals surface area contributed by atoms with Crippen molar-refractivity contribution in [3.8, 4) is 0 Å². The summed E-state index contributed by atoms with van der Waals surface area (Å²) in [6, 6.07) is -0.721. The Morgan fingerprint density at radius 2 is 0.846 bits per heavy atom. The lowest BCUT2D eigenvalue weighted by Crippen LogP contribution is -2.46. The van der Waals surface area contributed by atoms with Gasteiger partial charge in [0.05, 0.1) is 25.2 Å². The van der Waals surface area contributed by atoms with E-state index < -0.39 is 18.2 Å². The van der Waals surface area contributed by atoms with Crippen molar-refractivity contribution < 1.29 is 24.5 Å². The summed E-state index contributed by atoms with van der Waals surface area (Å²) in [5.41, 5.74) is 0. The zero-order chi connectivity index (χ0) is 47.4. The molecule has 0 radical (unpaired) electrons. The SMILES string of the molecule is CC/C=C/C/C=C/C/C=C/C/C=C/CCCC(CC(=O)NC(CO)C(O)CCCCCCCCCCCCCCCCC)OC(=O)CCCCCCCCC/C=C/CCCCCCCC. The van der Waals surface area contributed by atoms with Gasteiger partial charge in [0.2, 0.25) is 5.91 Å². The summed E-state index contributed by atoms with van der Waals surface area (Å²) < 4.78 is 5.92. The Hall–Kier alpha value is -2.44. The quantitative estimate of drug-likeness (QED) is 0.0321. The van der Waals surface area contributed by atoms with Crippen LogP contribution in [0, 0.1) is 0 Å². The number of unbranched alkanes of at least 4 members (excludes halogenated alkanes) is 28. The summed E-state index contributed by atoms with van der Waals surface area (Å²) in [5, 5.41) is 23.8. The lowest BCUT2D eigenvalue weighted by atomic mass is 10.0. The topological polar surface area (TPSA) is 95.9 Å². The molecule has 0 aromatic carbocycles. The Morgan fingerprint density at radius 1 is 0.462 bits per heavy atom. The van der Waals surface area contributed by atoms with Gasteiger partial charge in [-0.3, -0.25) is 9.59 Å². The minimum absolute atomic E-state index is 0.0381. The molecular weight excluding hydrogens is 803 g/mol. The molecule has 0 rings (SSSR count). The molecule has 0 saturated heterocycles. The minimum Gasteiger partial charge on any atom is -0.462 e. The first-order chi connectivity index (χ1) is 32.0. The summed E-state index contributed by atoms with van der Waals surface area (Å²) in [6.07, 6.45) is 65.7. The zero-order valence-corrected chi connectivity index (χ0v) is 43.1. The molecule has 0 fully saturated rings. The number of aliphatic hydroxyl groups is 2. The van der Waals surface area contributed by atoms with Gasteiger partial charge in [-0.25, -0.2) is 0 Å². The van der Waals surface area contributed by atoms with Crippen molar-refractivity contribution in [3.05, 3.63) is 60.8 Å². The van der Waals surface area contributed by atoms with Crippen LogP contribution in [0.1, 0.15) is 278 Å². The van der Waals surface area contributed by atoms with Crippen LogP contribution >= 0.6 is 0 Å². The Balaban J connectivity index is 4.61. The maximum absolute atomic E-state index is 13.2. The van der Waals surface area contributed by atoms with Gasteiger partial charge in [-0.05, 0) is 83.5 Å². The maximum atomic E-state index is 13.2. The van der Waals surface area contributed by atoms with E-state index in [2.05, 4.69) is 86.8 Å². The van der Waals surface area contributed by atoms with Gasteiger partial charge in [-0.2, -0.15) is 0 Å². The number of rotatable bonds is 50. The smallest absolute Gasteiger partial charge is 0.306 e. The number of hydrogen-bond donors (Lipinski definition) is 3. The highest BCUT2D eigenvalue weighted by Crippen LogP contribution is 2.17. The van der Waals surface area contributed by atoms with Gasteiger partial charge < -0.3 is 20.3 Å². The first kappa shape index (κ1) is 62.6. The third kappa shape index (κ3) is 47.8. The number of aliphatic hydroxyl groups excluding tert-OH is 2. The minimum atomic E-state index is -0.804. The van der Waals surface area contributed by atoms with Crippen LogP contribution in [0.25, 0.3) is 0 Å². The molecule has 0 spiro atoms. The van der Waals surface area contributed by atoms with Gasteiger partial charge in [-0.1, -0.05) is 242 Å². The molecule has 0 aromatic heterocycles. The number of amides is 1. The molecule has 0 aliphatic carbocycles. The highest BCUT2D eigenvalue weighted by atomic mass is 16.5. The van der Waals surface area contributed by atoms with Gasteiger partial charge in [-0.15, -0.1) is 0 Å². The van der Waals surface area contributed by atoms with Crippen LogP contribution in [-0.2, 0) is 14.3 Å².